The topological polar surface area (TPSA) is 26.0 Å². The molecule has 1 aliphatic carbocycles. The quantitative estimate of drug-likeness (QED) is 0.453. The maximum atomic E-state index is 6.25. The van der Waals surface area contributed by atoms with Gasteiger partial charge in [0.15, 0.2) is 10.7 Å². The maximum absolute atomic E-state index is 6.25. The molecule has 0 saturated carbocycles. The second kappa shape index (κ2) is 4.51. The summed E-state index contributed by atoms with van der Waals surface area (Å²) in [6.45, 7) is 11.6. The molecule has 3 aromatic rings. The van der Waals surface area contributed by atoms with Gasteiger partial charge in [0.25, 0.3) is 0 Å². The molecule has 0 atom stereocenters. The second-order valence-electron chi connectivity index (χ2n) is 8.15. The van der Waals surface area contributed by atoms with Gasteiger partial charge in [0.1, 0.15) is 5.58 Å². The first-order valence-corrected chi connectivity index (χ1v) is 8.61. The summed E-state index contributed by atoms with van der Waals surface area (Å²) < 4.78 is 6.10. The molecule has 3 heteroatoms. The molecule has 0 spiro atoms. The molecule has 23 heavy (non-hydrogen) atoms. The minimum atomic E-state index is 0.171. The summed E-state index contributed by atoms with van der Waals surface area (Å²) in [7, 11) is 0. The van der Waals surface area contributed by atoms with Crippen molar-refractivity contribution in [3.8, 4) is 0 Å². The van der Waals surface area contributed by atoms with Crippen LogP contribution in [0.2, 0.25) is 5.15 Å². The van der Waals surface area contributed by atoms with E-state index in [1.807, 2.05) is 6.07 Å². The molecule has 0 N–H and O–H groups in total. The highest BCUT2D eigenvalue weighted by Gasteiger charge is 2.39. The number of nitrogens with zero attached hydrogens (tertiary/aromatic N) is 1. The van der Waals surface area contributed by atoms with Crippen LogP contribution in [0.4, 0.5) is 0 Å². The Morgan fingerprint density at radius 3 is 2.57 bits per heavy atom. The summed E-state index contributed by atoms with van der Waals surface area (Å²) in [5.74, 6) is 0. The van der Waals surface area contributed by atoms with Crippen molar-refractivity contribution in [1.29, 1.82) is 0 Å². The second-order valence-corrected chi connectivity index (χ2v) is 8.50. The number of pyridine rings is 1. The van der Waals surface area contributed by atoms with Crippen LogP contribution in [0.15, 0.2) is 22.7 Å². The van der Waals surface area contributed by atoms with Crippen molar-refractivity contribution in [1.82, 2.24) is 4.98 Å². The van der Waals surface area contributed by atoms with Crippen LogP contribution in [-0.4, -0.2) is 4.98 Å². The molecule has 4 rings (SSSR count). The van der Waals surface area contributed by atoms with Crippen molar-refractivity contribution in [2.75, 3.05) is 0 Å². The smallest absolute Gasteiger partial charge is 0.172 e. The van der Waals surface area contributed by atoms with Crippen LogP contribution in [0.3, 0.4) is 0 Å². The van der Waals surface area contributed by atoms with E-state index in [2.05, 4.69) is 45.7 Å². The molecule has 1 aromatic carbocycles. The molecule has 0 amide bonds. The monoisotopic (exact) mass is 327 g/mol. The highest BCUT2D eigenvalue weighted by Crippen LogP contribution is 2.50. The molecule has 0 bridgehead atoms. The Labute approximate surface area is 141 Å². The van der Waals surface area contributed by atoms with Gasteiger partial charge in [-0.05, 0) is 59.4 Å². The zero-order valence-electron chi connectivity index (χ0n) is 14.4. The van der Waals surface area contributed by atoms with Crippen LogP contribution in [0.25, 0.3) is 21.9 Å². The van der Waals surface area contributed by atoms with E-state index >= 15 is 0 Å². The Kier molecular flexibility index (Phi) is 2.94. The number of rotatable bonds is 0. The van der Waals surface area contributed by atoms with Crippen LogP contribution >= 0.6 is 11.6 Å². The number of fused-ring (bicyclic) bond motifs is 4. The van der Waals surface area contributed by atoms with E-state index in [0.717, 1.165) is 11.0 Å². The largest absolute Gasteiger partial charge is 0.453 e. The Morgan fingerprint density at radius 1 is 1.13 bits per heavy atom. The molecule has 0 aliphatic heterocycles. The lowest BCUT2D eigenvalue weighted by Gasteiger charge is -2.42. The van der Waals surface area contributed by atoms with Crippen molar-refractivity contribution >= 4 is 33.5 Å². The number of hydrogen-bond donors (Lipinski definition) is 0. The Hall–Kier alpha value is -1.54. The van der Waals surface area contributed by atoms with Crippen LogP contribution < -0.4 is 0 Å². The number of hydrogen-bond acceptors (Lipinski definition) is 2. The van der Waals surface area contributed by atoms with E-state index in [9.17, 15) is 0 Å². The lowest BCUT2D eigenvalue weighted by atomic mass is 9.62. The van der Waals surface area contributed by atoms with E-state index in [1.165, 1.54) is 34.9 Å². The lowest BCUT2D eigenvalue weighted by Crippen LogP contribution is -2.34. The Balaban J connectivity index is 2.21. The SMILES string of the molecule is Cc1c2c(cc3oc4c(Cl)nccc4c13)C(C)(C)CCC2(C)C. The van der Waals surface area contributed by atoms with Crippen LogP contribution in [0.1, 0.15) is 57.2 Å². The standard InChI is InChI=1S/C20H22ClNO/c1-11-15-12-6-9-22-18(21)17(12)23-14(15)10-13-16(11)20(4,5)8-7-19(13,2)3/h6,9-10H,7-8H2,1-5H3. The number of benzene rings is 1. The van der Waals surface area contributed by atoms with E-state index in [4.69, 9.17) is 16.0 Å². The molecule has 0 fully saturated rings. The van der Waals surface area contributed by atoms with Gasteiger partial charge in [0.2, 0.25) is 0 Å². The zero-order chi connectivity index (χ0) is 16.6. The first kappa shape index (κ1) is 15.0. The number of halogens is 1. The first-order chi connectivity index (χ1) is 10.7. The molecular weight excluding hydrogens is 306 g/mol. The zero-order valence-corrected chi connectivity index (χ0v) is 15.1. The molecule has 1 aliphatic rings. The van der Waals surface area contributed by atoms with Gasteiger partial charge in [-0.1, -0.05) is 39.3 Å². The van der Waals surface area contributed by atoms with E-state index in [-0.39, 0.29) is 10.8 Å². The van der Waals surface area contributed by atoms with E-state index in [1.54, 1.807) is 6.20 Å². The molecule has 120 valence electrons. The van der Waals surface area contributed by atoms with Crippen molar-refractivity contribution < 1.29 is 4.42 Å². The summed E-state index contributed by atoms with van der Waals surface area (Å²) in [4.78, 5) is 4.16. The maximum Gasteiger partial charge on any atom is 0.172 e. The van der Waals surface area contributed by atoms with Crippen LogP contribution in [0, 0.1) is 6.92 Å². The Morgan fingerprint density at radius 2 is 1.83 bits per heavy atom. The summed E-state index contributed by atoms with van der Waals surface area (Å²) in [5, 5.41) is 2.70. The fraction of sp³-hybridized carbons (Fsp3) is 0.450. The van der Waals surface area contributed by atoms with E-state index in [0.29, 0.717) is 10.7 Å². The first-order valence-electron chi connectivity index (χ1n) is 8.24. The number of furan rings is 1. The molecule has 2 heterocycles. The fourth-order valence-corrected chi connectivity index (χ4v) is 4.52. The summed E-state index contributed by atoms with van der Waals surface area (Å²) in [6.07, 6.45) is 4.16. The molecule has 2 aromatic heterocycles. The highest BCUT2D eigenvalue weighted by atomic mass is 35.5. The number of aryl methyl sites for hydroxylation is 1. The van der Waals surface area contributed by atoms with Gasteiger partial charge in [-0.3, -0.25) is 0 Å². The van der Waals surface area contributed by atoms with Crippen molar-refractivity contribution in [3.05, 3.63) is 40.2 Å². The van der Waals surface area contributed by atoms with Crippen molar-refractivity contribution in [3.63, 3.8) is 0 Å². The molecular formula is C20H22ClNO. The van der Waals surface area contributed by atoms with Gasteiger partial charge in [0, 0.05) is 17.0 Å². The van der Waals surface area contributed by atoms with Crippen molar-refractivity contribution in [2.24, 2.45) is 0 Å². The average molecular weight is 328 g/mol. The fourth-order valence-electron chi connectivity index (χ4n) is 4.32. The summed E-state index contributed by atoms with van der Waals surface area (Å²) in [6, 6.07) is 4.25. The summed E-state index contributed by atoms with van der Waals surface area (Å²) >= 11 is 6.25. The predicted molar refractivity (Wildman–Crippen MR) is 96.5 cm³/mol. The minimum Gasteiger partial charge on any atom is -0.453 e. The summed E-state index contributed by atoms with van der Waals surface area (Å²) in [5.41, 5.74) is 6.21. The third-order valence-corrected chi connectivity index (χ3v) is 5.93. The molecule has 0 saturated heterocycles. The minimum absolute atomic E-state index is 0.171. The highest BCUT2D eigenvalue weighted by molar-refractivity contribution is 6.34. The van der Waals surface area contributed by atoms with E-state index < -0.39 is 0 Å². The molecule has 2 nitrogen and oxygen atoms in total. The van der Waals surface area contributed by atoms with Gasteiger partial charge >= 0.3 is 0 Å². The Bertz CT molecular complexity index is 949. The lowest BCUT2D eigenvalue weighted by molar-refractivity contribution is 0.331. The average Bonchev–Trinajstić information content (AvgIpc) is 2.84. The number of aromatic nitrogens is 1. The van der Waals surface area contributed by atoms with Gasteiger partial charge in [-0.2, -0.15) is 0 Å². The van der Waals surface area contributed by atoms with Gasteiger partial charge < -0.3 is 4.42 Å². The van der Waals surface area contributed by atoms with Gasteiger partial charge in [0.05, 0.1) is 0 Å². The third-order valence-electron chi connectivity index (χ3n) is 5.66. The van der Waals surface area contributed by atoms with Gasteiger partial charge in [-0.15, -0.1) is 0 Å². The molecule has 0 unspecified atom stereocenters. The van der Waals surface area contributed by atoms with Crippen LogP contribution in [-0.2, 0) is 10.8 Å². The molecule has 0 radical (unpaired) electrons. The normalized spacial score (nSPS) is 19.2. The van der Waals surface area contributed by atoms with Gasteiger partial charge in [-0.25, -0.2) is 4.98 Å². The predicted octanol–water partition coefficient (Wildman–Crippen LogP) is 6.29. The van der Waals surface area contributed by atoms with Crippen molar-refractivity contribution in [2.45, 2.75) is 58.3 Å². The third kappa shape index (κ3) is 1.97. The van der Waals surface area contributed by atoms with Crippen LogP contribution in [0.5, 0.6) is 0 Å².